The van der Waals surface area contributed by atoms with Gasteiger partial charge in [0, 0.05) is 31.3 Å². The minimum absolute atomic E-state index is 0.0632. The van der Waals surface area contributed by atoms with Crippen LogP contribution in [-0.4, -0.2) is 73.0 Å². The lowest BCUT2D eigenvalue weighted by molar-refractivity contribution is -0.146. The molecule has 0 aliphatic heterocycles. The van der Waals surface area contributed by atoms with Crippen LogP contribution in [0.25, 0.3) is 0 Å². The Kier molecular flexibility index (Phi) is 10.2. The molecule has 1 aromatic rings. The molecule has 1 amide bonds. The van der Waals surface area contributed by atoms with E-state index in [0.717, 1.165) is 0 Å². The zero-order valence-electron chi connectivity index (χ0n) is 18.6. The van der Waals surface area contributed by atoms with Gasteiger partial charge in [0.15, 0.2) is 5.78 Å². The number of aromatic amines is 1. The fourth-order valence-electron chi connectivity index (χ4n) is 3.19. The molecule has 1 N–H and O–H groups in total. The third kappa shape index (κ3) is 6.41. The minimum atomic E-state index is -0.807. The molecule has 0 unspecified atom stereocenters. The Bertz CT molecular complexity index is 770. The van der Waals surface area contributed by atoms with Gasteiger partial charge in [-0.1, -0.05) is 0 Å². The summed E-state index contributed by atoms with van der Waals surface area (Å²) < 4.78 is 14.9. The van der Waals surface area contributed by atoms with E-state index in [9.17, 15) is 19.2 Å². The van der Waals surface area contributed by atoms with E-state index in [0.29, 0.717) is 16.8 Å². The summed E-state index contributed by atoms with van der Waals surface area (Å²) in [5, 5.41) is 0. The van der Waals surface area contributed by atoms with Crippen LogP contribution in [0.1, 0.15) is 65.7 Å². The van der Waals surface area contributed by atoms with Crippen molar-refractivity contribution in [3.63, 3.8) is 0 Å². The SMILES string of the molecule is CCOC(=O)CCC(=O)N(CCOC)[C@@H](C)C(=O)c1c(C)[nH]c(C(=O)OCC)c1C. The molecule has 1 aromatic heterocycles. The van der Waals surface area contributed by atoms with E-state index in [4.69, 9.17) is 14.2 Å². The number of ketones is 1. The first-order valence-electron chi connectivity index (χ1n) is 10.0. The second-order valence-electron chi connectivity index (χ2n) is 6.77. The molecule has 0 aliphatic rings. The highest BCUT2D eigenvalue weighted by Crippen LogP contribution is 2.22. The molecule has 9 heteroatoms. The lowest BCUT2D eigenvalue weighted by Gasteiger charge is -2.28. The van der Waals surface area contributed by atoms with Crippen LogP contribution < -0.4 is 0 Å². The molecule has 0 aliphatic carbocycles. The predicted molar refractivity (Wildman–Crippen MR) is 109 cm³/mol. The number of aromatic nitrogens is 1. The number of carbonyl (C=O) groups excluding carboxylic acids is 4. The summed E-state index contributed by atoms with van der Waals surface area (Å²) in [5.74, 6) is -1.66. The monoisotopic (exact) mass is 424 g/mol. The molecule has 0 radical (unpaired) electrons. The maximum Gasteiger partial charge on any atom is 0.355 e. The third-order valence-electron chi connectivity index (χ3n) is 4.72. The molecule has 0 aromatic carbocycles. The highest BCUT2D eigenvalue weighted by molar-refractivity contribution is 6.06. The Morgan fingerprint density at radius 2 is 1.67 bits per heavy atom. The number of amides is 1. The van der Waals surface area contributed by atoms with Crippen molar-refractivity contribution in [3.8, 4) is 0 Å². The highest BCUT2D eigenvalue weighted by Gasteiger charge is 2.31. The molecule has 9 nitrogen and oxygen atoms in total. The molecular formula is C21H32N2O7. The summed E-state index contributed by atoms with van der Waals surface area (Å²) >= 11 is 0. The zero-order chi connectivity index (χ0) is 22.8. The number of hydrogen-bond acceptors (Lipinski definition) is 7. The Labute approximate surface area is 177 Å². The second kappa shape index (κ2) is 12.1. The lowest BCUT2D eigenvalue weighted by Crippen LogP contribution is -2.45. The van der Waals surface area contributed by atoms with Gasteiger partial charge in [0.25, 0.3) is 0 Å². The number of rotatable bonds is 12. The summed E-state index contributed by atoms with van der Waals surface area (Å²) in [6, 6.07) is -0.807. The number of aryl methyl sites for hydroxylation is 1. The molecule has 1 atom stereocenters. The van der Waals surface area contributed by atoms with Crippen molar-refractivity contribution >= 4 is 23.6 Å². The Hall–Kier alpha value is -2.68. The summed E-state index contributed by atoms with van der Waals surface area (Å²) in [5.41, 5.74) is 1.58. The van der Waals surface area contributed by atoms with E-state index in [2.05, 4.69) is 4.98 Å². The molecule has 0 saturated carbocycles. The number of nitrogens with zero attached hydrogens (tertiary/aromatic N) is 1. The van der Waals surface area contributed by atoms with E-state index in [1.165, 1.54) is 12.0 Å². The summed E-state index contributed by atoms with van der Waals surface area (Å²) in [6.07, 6.45) is -0.133. The number of ether oxygens (including phenoxy) is 3. The quantitative estimate of drug-likeness (QED) is 0.404. The second-order valence-corrected chi connectivity index (χ2v) is 6.77. The van der Waals surface area contributed by atoms with Crippen LogP contribution in [0, 0.1) is 13.8 Å². The maximum atomic E-state index is 13.2. The third-order valence-corrected chi connectivity index (χ3v) is 4.72. The van der Waals surface area contributed by atoms with Gasteiger partial charge in [0.05, 0.1) is 32.3 Å². The first kappa shape index (κ1) is 25.4. The molecule has 1 heterocycles. The summed E-state index contributed by atoms with van der Waals surface area (Å²) in [6.45, 7) is 9.26. The topological polar surface area (TPSA) is 115 Å². The highest BCUT2D eigenvalue weighted by atomic mass is 16.5. The molecule has 0 saturated heterocycles. The minimum Gasteiger partial charge on any atom is -0.466 e. The number of methoxy groups -OCH3 is 1. The largest absolute Gasteiger partial charge is 0.466 e. The summed E-state index contributed by atoms with van der Waals surface area (Å²) in [7, 11) is 1.50. The Morgan fingerprint density at radius 3 is 2.23 bits per heavy atom. The lowest BCUT2D eigenvalue weighted by atomic mass is 9.99. The van der Waals surface area contributed by atoms with E-state index in [1.807, 2.05) is 0 Å². The number of esters is 2. The van der Waals surface area contributed by atoms with E-state index < -0.39 is 18.0 Å². The smallest absolute Gasteiger partial charge is 0.355 e. The number of H-pyrrole nitrogens is 1. The van der Waals surface area contributed by atoms with Crippen LogP contribution in [-0.2, 0) is 23.8 Å². The van der Waals surface area contributed by atoms with Crippen LogP contribution in [0.5, 0.6) is 0 Å². The number of Topliss-reactive ketones (excluding diaryl/α,β-unsaturated/α-hetero) is 1. The fourth-order valence-corrected chi connectivity index (χ4v) is 3.19. The molecule has 1 rings (SSSR count). The molecule has 30 heavy (non-hydrogen) atoms. The van der Waals surface area contributed by atoms with Crippen molar-refractivity contribution in [1.82, 2.24) is 9.88 Å². The Balaban J connectivity index is 3.08. The van der Waals surface area contributed by atoms with Crippen LogP contribution in [0.15, 0.2) is 0 Å². The van der Waals surface area contributed by atoms with Gasteiger partial charge in [-0.05, 0) is 40.2 Å². The zero-order valence-corrected chi connectivity index (χ0v) is 18.6. The first-order valence-corrected chi connectivity index (χ1v) is 10.0. The number of carbonyl (C=O) groups is 4. The van der Waals surface area contributed by atoms with Crippen molar-refractivity contribution in [2.75, 3.05) is 33.5 Å². The number of hydrogen-bond donors (Lipinski definition) is 1. The van der Waals surface area contributed by atoms with Gasteiger partial charge < -0.3 is 24.1 Å². The van der Waals surface area contributed by atoms with Crippen LogP contribution >= 0.6 is 0 Å². The van der Waals surface area contributed by atoms with Crippen LogP contribution in [0.4, 0.5) is 0 Å². The molecule has 168 valence electrons. The predicted octanol–water partition coefficient (Wildman–Crippen LogP) is 2.20. The maximum absolute atomic E-state index is 13.2. The molecule has 0 bridgehead atoms. The average molecular weight is 424 g/mol. The van der Waals surface area contributed by atoms with Gasteiger partial charge in [-0.25, -0.2) is 4.79 Å². The van der Waals surface area contributed by atoms with E-state index in [-0.39, 0.29) is 56.6 Å². The first-order chi connectivity index (χ1) is 14.2. The summed E-state index contributed by atoms with van der Waals surface area (Å²) in [4.78, 5) is 54.0. The van der Waals surface area contributed by atoms with Gasteiger partial charge in [-0.2, -0.15) is 0 Å². The molecule has 0 spiro atoms. The fraction of sp³-hybridized carbons (Fsp3) is 0.619. The molecular weight excluding hydrogens is 392 g/mol. The average Bonchev–Trinajstić information content (AvgIpc) is 3.00. The standard InChI is InChI=1S/C21H32N2O7/c1-7-29-17(25)10-9-16(24)23(11-12-28-6)15(5)20(26)18-13(3)19(22-14(18)4)21(27)30-8-2/h15,22H,7-12H2,1-6H3/t15-/m0/s1. The van der Waals surface area contributed by atoms with Gasteiger partial charge in [0.1, 0.15) is 5.69 Å². The van der Waals surface area contributed by atoms with Crippen molar-refractivity contribution in [3.05, 3.63) is 22.5 Å². The van der Waals surface area contributed by atoms with Gasteiger partial charge >= 0.3 is 11.9 Å². The van der Waals surface area contributed by atoms with Crippen molar-refractivity contribution in [1.29, 1.82) is 0 Å². The van der Waals surface area contributed by atoms with Crippen molar-refractivity contribution in [2.24, 2.45) is 0 Å². The van der Waals surface area contributed by atoms with Crippen molar-refractivity contribution < 1.29 is 33.4 Å². The van der Waals surface area contributed by atoms with Gasteiger partial charge in [0.2, 0.25) is 5.91 Å². The van der Waals surface area contributed by atoms with Gasteiger partial charge in [-0.3, -0.25) is 14.4 Å². The van der Waals surface area contributed by atoms with Crippen LogP contribution in [0.3, 0.4) is 0 Å². The van der Waals surface area contributed by atoms with Crippen LogP contribution in [0.2, 0.25) is 0 Å². The van der Waals surface area contributed by atoms with E-state index in [1.54, 1.807) is 34.6 Å². The molecule has 0 fully saturated rings. The van der Waals surface area contributed by atoms with Gasteiger partial charge in [-0.15, -0.1) is 0 Å². The normalized spacial score (nSPS) is 11.7. The van der Waals surface area contributed by atoms with E-state index >= 15 is 0 Å². The number of nitrogens with one attached hydrogen (secondary N) is 1. The Morgan fingerprint density at radius 1 is 1.03 bits per heavy atom. The van der Waals surface area contributed by atoms with Crippen molar-refractivity contribution in [2.45, 2.75) is 53.5 Å².